The van der Waals surface area contributed by atoms with Gasteiger partial charge >= 0.3 is 5.69 Å². The van der Waals surface area contributed by atoms with E-state index in [1.165, 1.54) is 48.3 Å². The second kappa shape index (κ2) is 6.99. The van der Waals surface area contributed by atoms with Gasteiger partial charge in [0.2, 0.25) is 0 Å². The van der Waals surface area contributed by atoms with Gasteiger partial charge in [0.15, 0.2) is 34.2 Å². The zero-order chi connectivity index (χ0) is 21.6. The van der Waals surface area contributed by atoms with Gasteiger partial charge in [-0.15, -0.1) is 0 Å². The highest BCUT2D eigenvalue weighted by Gasteiger charge is 2.17. The Morgan fingerprint density at radius 3 is 1.97 bits per heavy atom. The smallest absolute Gasteiger partial charge is 0.332 e. The number of imidazole rings is 1. The first-order chi connectivity index (χ1) is 14.3. The molecular formula is C20H18N4O6. The van der Waals surface area contributed by atoms with Crippen LogP contribution >= 0.6 is 0 Å². The van der Waals surface area contributed by atoms with Crippen LogP contribution in [0.3, 0.4) is 0 Å². The minimum absolute atomic E-state index is 0.111. The van der Waals surface area contributed by atoms with E-state index in [1.54, 1.807) is 10.6 Å². The molecule has 0 saturated carbocycles. The Morgan fingerprint density at radius 2 is 1.40 bits per heavy atom. The summed E-state index contributed by atoms with van der Waals surface area (Å²) in [6.07, 6.45) is 1.42. The summed E-state index contributed by atoms with van der Waals surface area (Å²) in [5.74, 6) is -1.19. The van der Waals surface area contributed by atoms with Crippen LogP contribution in [0.4, 0.5) is 0 Å². The first-order valence-corrected chi connectivity index (χ1v) is 8.92. The van der Waals surface area contributed by atoms with E-state index >= 15 is 0 Å². The predicted molar refractivity (Wildman–Crippen MR) is 107 cm³/mol. The fraction of sp³-hybridized carbons (Fsp3) is 0.150. The van der Waals surface area contributed by atoms with E-state index < -0.39 is 11.2 Å². The number of benzene rings is 2. The molecule has 30 heavy (non-hydrogen) atoms. The lowest BCUT2D eigenvalue weighted by atomic mass is 10.2. The maximum atomic E-state index is 13.1. The molecule has 0 unspecified atom stereocenters. The Morgan fingerprint density at radius 1 is 0.833 bits per heavy atom. The molecule has 4 aromatic rings. The van der Waals surface area contributed by atoms with Crippen LogP contribution in [0.2, 0.25) is 0 Å². The van der Waals surface area contributed by atoms with Crippen molar-refractivity contribution >= 4 is 11.2 Å². The average Bonchev–Trinajstić information content (AvgIpc) is 3.13. The molecule has 0 aliphatic heterocycles. The van der Waals surface area contributed by atoms with Crippen molar-refractivity contribution in [1.82, 2.24) is 18.7 Å². The Kier molecular flexibility index (Phi) is 4.46. The third-order valence-corrected chi connectivity index (χ3v) is 4.87. The van der Waals surface area contributed by atoms with Crippen LogP contribution in [0.15, 0.2) is 52.3 Å². The number of hydrogen-bond donors (Lipinski definition) is 4. The minimum Gasteiger partial charge on any atom is -0.504 e. The van der Waals surface area contributed by atoms with Gasteiger partial charge in [0.1, 0.15) is 0 Å². The second-order valence-electron chi connectivity index (χ2n) is 6.92. The summed E-state index contributed by atoms with van der Waals surface area (Å²) in [6, 6.07) is 8.38. The fourth-order valence-corrected chi connectivity index (χ4v) is 3.30. The van der Waals surface area contributed by atoms with E-state index in [4.69, 9.17) is 0 Å². The van der Waals surface area contributed by atoms with Gasteiger partial charge in [-0.3, -0.25) is 13.9 Å². The number of rotatable bonds is 4. The SMILES string of the molecule is Cn1c(=O)n(Cc2ccc(O)c(O)c2)c(=O)c2c1ncn2Cc1ccc(O)c(O)c1. The molecule has 0 aliphatic rings. The largest absolute Gasteiger partial charge is 0.504 e. The highest BCUT2D eigenvalue weighted by atomic mass is 16.3. The van der Waals surface area contributed by atoms with Gasteiger partial charge in [-0.05, 0) is 35.4 Å². The van der Waals surface area contributed by atoms with Crippen LogP contribution in [-0.2, 0) is 20.1 Å². The van der Waals surface area contributed by atoms with Crippen molar-refractivity contribution in [2.75, 3.05) is 0 Å². The van der Waals surface area contributed by atoms with Crippen molar-refractivity contribution < 1.29 is 20.4 Å². The van der Waals surface area contributed by atoms with Gasteiger partial charge in [-0.1, -0.05) is 12.1 Å². The predicted octanol–water partition coefficient (Wildman–Crippen LogP) is 0.816. The molecule has 0 saturated heterocycles. The topological polar surface area (TPSA) is 143 Å². The normalized spacial score (nSPS) is 11.2. The van der Waals surface area contributed by atoms with Gasteiger partial charge in [0.25, 0.3) is 5.56 Å². The fourth-order valence-electron chi connectivity index (χ4n) is 3.30. The molecule has 4 N–H and O–H groups in total. The first kappa shape index (κ1) is 19.1. The molecule has 154 valence electrons. The highest BCUT2D eigenvalue weighted by Crippen LogP contribution is 2.26. The lowest BCUT2D eigenvalue weighted by Crippen LogP contribution is -2.40. The molecule has 2 heterocycles. The standard InChI is InChI=1S/C20H18N4O6/c1-22-18-17(23(10-21-18)8-11-2-4-13(25)15(27)6-11)19(29)24(20(22)30)9-12-3-5-14(26)16(28)7-12/h2-7,10,25-28H,8-9H2,1H3. The number of aromatic nitrogens is 4. The first-order valence-electron chi connectivity index (χ1n) is 8.92. The van der Waals surface area contributed by atoms with Crippen LogP contribution in [0, 0.1) is 0 Å². The minimum atomic E-state index is -0.576. The molecule has 0 aliphatic carbocycles. The van der Waals surface area contributed by atoms with Crippen molar-refractivity contribution in [3.8, 4) is 23.0 Å². The summed E-state index contributed by atoms with van der Waals surface area (Å²) >= 11 is 0. The number of aromatic hydroxyl groups is 4. The average molecular weight is 410 g/mol. The molecule has 0 fully saturated rings. The lowest BCUT2D eigenvalue weighted by molar-refractivity contribution is 0.403. The Bertz CT molecular complexity index is 1400. The van der Waals surface area contributed by atoms with Crippen LogP contribution in [0.25, 0.3) is 11.2 Å². The van der Waals surface area contributed by atoms with E-state index in [-0.39, 0.29) is 47.3 Å². The lowest BCUT2D eigenvalue weighted by Gasteiger charge is -2.11. The van der Waals surface area contributed by atoms with Gasteiger partial charge in [-0.25, -0.2) is 9.78 Å². The van der Waals surface area contributed by atoms with Crippen molar-refractivity contribution in [3.63, 3.8) is 0 Å². The van der Waals surface area contributed by atoms with Crippen molar-refractivity contribution in [2.45, 2.75) is 13.1 Å². The van der Waals surface area contributed by atoms with Crippen LogP contribution in [-0.4, -0.2) is 39.1 Å². The molecule has 0 atom stereocenters. The molecule has 0 spiro atoms. The van der Waals surface area contributed by atoms with E-state index in [1.807, 2.05) is 0 Å². The van der Waals surface area contributed by atoms with E-state index in [9.17, 15) is 30.0 Å². The van der Waals surface area contributed by atoms with Gasteiger partial charge in [0, 0.05) is 13.6 Å². The Balaban J connectivity index is 1.83. The molecule has 10 heteroatoms. The summed E-state index contributed by atoms with van der Waals surface area (Å²) in [6.45, 7) is 0.0677. The van der Waals surface area contributed by atoms with Crippen LogP contribution in [0.5, 0.6) is 23.0 Å². The van der Waals surface area contributed by atoms with Crippen LogP contribution < -0.4 is 11.2 Å². The van der Waals surface area contributed by atoms with E-state index in [0.717, 1.165) is 4.57 Å². The van der Waals surface area contributed by atoms with Crippen molar-refractivity contribution in [2.24, 2.45) is 7.05 Å². The molecule has 2 aromatic heterocycles. The highest BCUT2D eigenvalue weighted by molar-refractivity contribution is 5.70. The quantitative estimate of drug-likeness (QED) is 0.365. The molecule has 10 nitrogen and oxygen atoms in total. The number of phenols is 4. The third kappa shape index (κ3) is 3.13. The number of hydrogen-bond acceptors (Lipinski definition) is 7. The summed E-state index contributed by atoms with van der Waals surface area (Å²) in [7, 11) is 1.50. The number of phenolic OH excluding ortho intramolecular Hbond substituents is 4. The maximum absolute atomic E-state index is 13.1. The monoisotopic (exact) mass is 410 g/mol. The number of aryl methyl sites for hydroxylation is 1. The molecule has 4 rings (SSSR count). The molecular weight excluding hydrogens is 392 g/mol. The second-order valence-corrected chi connectivity index (χ2v) is 6.92. The van der Waals surface area contributed by atoms with E-state index in [0.29, 0.717) is 11.1 Å². The zero-order valence-corrected chi connectivity index (χ0v) is 15.8. The summed E-state index contributed by atoms with van der Waals surface area (Å²) < 4.78 is 3.82. The van der Waals surface area contributed by atoms with Gasteiger partial charge < -0.3 is 25.0 Å². The molecule has 2 aromatic carbocycles. The van der Waals surface area contributed by atoms with Crippen molar-refractivity contribution in [1.29, 1.82) is 0 Å². The number of nitrogens with zero attached hydrogens (tertiary/aromatic N) is 4. The molecule has 0 amide bonds. The number of fused-ring (bicyclic) bond motifs is 1. The van der Waals surface area contributed by atoms with E-state index in [2.05, 4.69) is 4.98 Å². The molecule has 0 bridgehead atoms. The molecule has 0 radical (unpaired) electrons. The summed E-state index contributed by atoms with van der Waals surface area (Å²) in [5.41, 5.74) is 0.324. The summed E-state index contributed by atoms with van der Waals surface area (Å²) in [4.78, 5) is 30.0. The Hall–Kier alpha value is -4.21. The third-order valence-electron chi connectivity index (χ3n) is 4.87. The van der Waals surface area contributed by atoms with Crippen molar-refractivity contribution in [3.05, 3.63) is 74.7 Å². The van der Waals surface area contributed by atoms with Gasteiger partial charge in [0.05, 0.1) is 12.9 Å². The van der Waals surface area contributed by atoms with Gasteiger partial charge in [-0.2, -0.15) is 0 Å². The zero-order valence-electron chi connectivity index (χ0n) is 15.8. The van der Waals surface area contributed by atoms with Crippen LogP contribution in [0.1, 0.15) is 11.1 Å². The summed E-state index contributed by atoms with van der Waals surface area (Å²) in [5, 5.41) is 38.3. The maximum Gasteiger partial charge on any atom is 0.332 e. The Labute approximate surface area is 168 Å².